The molecule has 0 bridgehead atoms. The van der Waals surface area contributed by atoms with Crippen molar-refractivity contribution < 1.29 is 36.5 Å². The second-order valence-electron chi connectivity index (χ2n) is 2.53. The maximum absolute atomic E-state index is 3.30. The number of unbranched alkanes of at least 4 members (excludes halogenated alkanes) is 1. The average molecular weight is 357 g/mol. The van der Waals surface area contributed by atoms with Gasteiger partial charge in [-0.15, -0.1) is 0 Å². The van der Waals surface area contributed by atoms with Crippen LogP contribution >= 0.6 is 15.9 Å². The van der Waals surface area contributed by atoms with Gasteiger partial charge in [-0.25, -0.2) is 0 Å². The average Bonchev–Trinajstić information content (AvgIpc) is 2.07. The van der Waals surface area contributed by atoms with Crippen LogP contribution in [0.3, 0.4) is 0 Å². The minimum atomic E-state index is 0. The van der Waals surface area contributed by atoms with Gasteiger partial charge in [0.1, 0.15) is 0 Å². The Bertz CT molecular complexity index is 189. The Balaban J connectivity index is 0. The van der Waals surface area contributed by atoms with Crippen molar-refractivity contribution in [1.82, 2.24) is 0 Å². The number of aryl methyl sites for hydroxylation is 1. The van der Waals surface area contributed by atoms with E-state index in [4.69, 9.17) is 0 Å². The molecule has 0 atom stereocenters. The van der Waals surface area contributed by atoms with Crippen molar-refractivity contribution in [3.05, 3.63) is 41.2 Å². The van der Waals surface area contributed by atoms with Gasteiger partial charge in [0.05, 0.1) is 0 Å². The van der Waals surface area contributed by atoms with Crippen LogP contribution in [0.1, 0.15) is 18.4 Å². The molecule has 0 spiro atoms. The molecule has 13 heavy (non-hydrogen) atoms. The van der Waals surface area contributed by atoms with Crippen LogP contribution in [-0.4, -0.2) is 0 Å². The quantitative estimate of drug-likeness (QED) is 0.546. The maximum atomic E-state index is 3.30. The third kappa shape index (κ3) is 7.84. The van der Waals surface area contributed by atoms with Gasteiger partial charge in [-0.1, -0.05) is 46.3 Å². The fourth-order valence-corrected chi connectivity index (χ4v) is 1.35. The zero-order valence-corrected chi connectivity index (χ0v) is 13.7. The smallest absolute Gasteiger partial charge is 0.0271 e. The summed E-state index contributed by atoms with van der Waals surface area (Å²) in [5, 5.41) is 2.04. The molecule has 1 rings (SSSR count). The van der Waals surface area contributed by atoms with Crippen LogP contribution in [0.5, 0.6) is 0 Å². The van der Waals surface area contributed by atoms with Gasteiger partial charge >= 0.3 is 0 Å². The Morgan fingerprint density at radius 1 is 1.15 bits per heavy atom. The predicted octanol–water partition coefficient (Wildman–Crippen LogP) is 0.567. The Hall–Kier alpha value is 0.803. The summed E-state index contributed by atoms with van der Waals surface area (Å²) in [7, 11) is 0. The summed E-state index contributed by atoms with van der Waals surface area (Å²) in [6.45, 7) is 0. The van der Waals surface area contributed by atoms with E-state index in [0.717, 1.165) is 6.42 Å². The van der Waals surface area contributed by atoms with E-state index >= 15 is 0 Å². The fraction of sp³-hybridized carbons (Fsp3) is 0.300. The zero-order valence-electron chi connectivity index (χ0n) is 7.55. The molecule has 1 aromatic rings. The number of rotatable bonds is 4. The van der Waals surface area contributed by atoms with Crippen molar-refractivity contribution in [1.29, 1.82) is 0 Å². The first-order valence-electron chi connectivity index (χ1n) is 3.89. The number of hydrogen-bond acceptors (Lipinski definition) is 0. The van der Waals surface area contributed by atoms with Gasteiger partial charge in [0.2, 0.25) is 0 Å². The SMILES string of the molecule is Br[CH]CCCc1ccccc1.[Br-].[Zn]. The second-order valence-corrected chi connectivity index (χ2v) is 3.18. The first-order chi connectivity index (χ1) is 5.43. The van der Waals surface area contributed by atoms with Gasteiger partial charge in [-0.05, 0) is 24.8 Å². The van der Waals surface area contributed by atoms with E-state index in [1.165, 1.54) is 18.4 Å². The van der Waals surface area contributed by atoms with Crippen LogP contribution in [0.15, 0.2) is 30.3 Å². The molecule has 1 aromatic carbocycles. The van der Waals surface area contributed by atoms with Crippen molar-refractivity contribution in [3.8, 4) is 0 Å². The summed E-state index contributed by atoms with van der Waals surface area (Å²) in [6, 6.07) is 10.6. The minimum absolute atomic E-state index is 0. The van der Waals surface area contributed by atoms with E-state index in [1.54, 1.807) is 0 Å². The topological polar surface area (TPSA) is 0 Å². The molecule has 0 aliphatic carbocycles. The molecule has 0 aromatic heterocycles. The summed E-state index contributed by atoms with van der Waals surface area (Å²) in [5.41, 5.74) is 1.43. The first-order valence-corrected chi connectivity index (χ1v) is 4.81. The van der Waals surface area contributed by atoms with Crippen LogP contribution < -0.4 is 17.0 Å². The normalized spacial score (nSPS) is 8.38. The van der Waals surface area contributed by atoms with E-state index in [9.17, 15) is 0 Å². The molecule has 0 heterocycles. The molecule has 0 fully saturated rings. The maximum Gasteiger partial charge on any atom is 0.0271 e. The third-order valence-corrected chi connectivity index (χ3v) is 2.08. The number of hydrogen-bond donors (Lipinski definition) is 0. The molecule has 0 unspecified atom stereocenters. The van der Waals surface area contributed by atoms with Crippen molar-refractivity contribution >= 4 is 15.9 Å². The number of halogens is 2. The van der Waals surface area contributed by atoms with Crippen molar-refractivity contribution in [2.24, 2.45) is 0 Å². The summed E-state index contributed by atoms with van der Waals surface area (Å²) >= 11 is 3.30. The molecule has 0 nitrogen and oxygen atoms in total. The van der Waals surface area contributed by atoms with Crippen LogP contribution in [-0.2, 0) is 25.9 Å². The van der Waals surface area contributed by atoms with E-state index in [-0.39, 0.29) is 36.5 Å². The summed E-state index contributed by atoms with van der Waals surface area (Å²) in [6.07, 6.45) is 3.56. The van der Waals surface area contributed by atoms with Crippen molar-refractivity contribution in [2.45, 2.75) is 19.3 Å². The Labute approximate surface area is 112 Å². The van der Waals surface area contributed by atoms with Gasteiger partial charge < -0.3 is 17.0 Å². The molecule has 0 N–H and O–H groups in total. The van der Waals surface area contributed by atoms with Crippen molar-refractivity contribution in [3.63, 3.8) is 0 Å². The first kappa shape index (κ1) is 16.2. The van der Waals surface area contributed by atoms with E-state index < -0.39 is 0 Å². The molecule has 0 aliphatic heterocycles. The van der Waals surface area contributed by atoms with Gasteiger partial charge in [-0.2, -0.15) is 0 Å². The van der Waals surface area contributed by atoms with Crippen LogP contribution in [0.2, 0.25) is 0 Å². The zero-order chi connectivity index (χ0) is 7.94. The molecule has 0 saturated heterocycles. The fourth-order valence-electron chi connectivity index (χ4n) is 1.03. The molecule has 3 heteroatoms. The second kappa shape index (κ2) is 10.9. The molecule has 0 saturated carbocycles. The molecular weight excluding hydrogens is 345 g/mol. The summed E-state index contributed by atoms with van der Waals surface area (Å²) in [5.74, 6) is 0. The molecule has 69 valence electrons. The molecule has 1 radical (unpaired) electrons. The number of benzene rings is 1. The van der Waals surface area contributed by atoms with E-state index in [0.29, 0.717) is 0 Å². The van der Waals surface area contributed by atoms with Crippen LogP contribution in [0, 0.1) is 5.33 Å². The standard InChI is InChI=1S/C10H12Br.BrH.Zn/c11-9-5-4-8-10-6-2-1-3-7-10;;/h1-3,6-7,9H,4-5,8H2;1H;/p-1. The Morgan fingerprint density at radius 2 is 1.77 bits per heavy atom. The van der Waals surface area contributed by atoms with Gasteiger partial charge in [0, 0.05) is 24.8 Å². The van der Waals surface area contributed by atoms with Crippen LogP contribution in [0.4, 0.5) is 0 Å². The summed E-state index contributed by atoms with van der Waals surface area (Å²) < 4.78 is 0. The Kier molecular flexibility index (Phi) is 13.6. The summed E-state index contributed by atoms with van der Waals surface area (Å²) in [4.78, 5) is 0. The predicted molar refractivity (Wildman–Crippen MR) is 52.6 cm³/mol. The Morgan fingerprint density at radius 3 is 2.31 bits per heavy atom. The largest absolute Gasteiger partial charge is 1.00 e. The van der Waals surface area contributed by atoms with E-state index in [1.807, 2.05) is 5.33 Å². The molecular formula is C10H12Br2Zn-. The van der Waals surface area contributed by atoms with Gasteiger partial charge in [-0.3, -0.25) is 0 Å². The van der Waals surface area contributed by atoms with Gasteiger partial charge in [0.15, 0.2) is 0 Å². The molecule has 0 amide bonds. The van der Waals surface area contributed by atoms with Crippen molar-refractivity contribution in [2.75, 3.05) is 0 Å². The van der Waals surface area contributed by atoms with Gasteiger partial charge in [0.25, 0.3) is 0 Å². The van der Waals surface area contributed by atoms with E-state index in [2.05, 4.69) is 46.3 Å². The minimum Gasteiger partial charge on any atom is -1.00 e. The monoisotopic (exact) mass is 354 g/mol. The third-order valence-electron chi connectivity index (χ3n) is 1.62. The molecule has 0 aliphatic rings. The van der Waals surface area contributed by atoms with Crippen LogP contribution in [0.25, 0.3) is 0 Å².